The molecule has 0 radical (unpaired) electrons. The van der Waals surface area contributed by atoms with Crippen LogP contribution in [0.15, 0.2) is 18.2 Å². The fourth-order valence-electron chi connectivity index (χ4n) is 1.86. The Bertz CT molecular complexity index is 400. The Morgan fingerprint density at radius 3 is 2.39 bits per heavy atom. The first kappa shape index (κ1) is 14.4. The predicted molar refractivity (Wildman–Crippen MR) is 72.5 cm³/mol. The molecular weight excluding hydrogens is 230 g/mol. The van der Waals surface area contributed by atoms with Gasteiger partial charge in [-0.15, -0.1) is 0 Å². The van der Waals surface area contributed by atoms with Crippen LogP contribution in [-0.2, 0) is 4.74 Å². The standard InChI is InChI=1S/C14H21NO3/c1-5-15(6-2)12-9-8-11(14(16)17-4)10-13(12)18-7-3/h8-10H,5-7H2,1-4H3. The van der Waals surface area contributed by atoms with Gasteiger partial charge in [-0.3, -0.25) is 0 Å². The van der Waals surface area contributed by atoms with Gasteiger partial charge in [0.05, 0.1) is 25.0 Å². The summed E-state index contributed by atoms with van der Waals surface area (Å²) in [6.07, 6.45) is 0. The van der Waals surface area contributed by atoms with E-state index >= 15 is 0 Å². The average Bonchev–Trinajstić information content (AvgIpc) is 2.41. The van der Waals surface area contributed by atoms with Gasteiger partial charge in [0, 0.05) is 13.1 Å². The molecule has 4 heteroatoms. The summed E-state index contributed by atoms with van der Waals surface area (Å²) >= 11 is 0. The van der Waals surface area contributed by atoms with Crippen molar-refractivity contribution >= 4 is 11.7 Å². The highest BCUT2D eigenvalue weighted by Gasteiger charge is 2.13. The molecule has 0 spiro atoms. The van der Waals surface area contributed by atoms with E-state index in [4.69, 9.17) is 9.47 Å². The number of carbonyl (C=O) groups excluding carboxylic acids is 1. The topological polar surface area (TPSA) is 38.8 Å². The van der Waals surface area contributed by atoms with Crippen molar-refractivity contribution in [1.29, 1.82) is 0 Å². The molecule has 100 valence electrons. The Hall–Kier alpha value is -1.71. The molecule has 0 atom stereocenters. The number of hydrogen-bond acceptors (Lipinski definition) is 4. The Morgan fingerprint density at radius 2 is 1.89 bits per heavy atom. The molecule has 1 rings (SSSR count). The number of carbonyl (C=O) groups is 1. The number of rotatable bonds is 6. The number of esters is 1. The van der Waals surface area contributed by atoms with Gasteiger partial charge in [-0.1, -0.05) is 0 Å². The third-order valence-corrected chi connectivity index (χ3v) is 2.78. The van der Waals surface area contributed by atoms with Crippen LogP contribution in [0, 0.1) is 0 Å². The molecule has 0 saturated heterocycles. The summed E-state index contributed by atoms with van der Waals surface area (Å²) in [6.45, 7) is 8.47. The molecule has 4 nitrogen and oxygen atoms in total. The molecule has 0 N–H and O–H groups in total. The Balaban J connectivity index is 3.14. The quantitative estimate of drug-likeness (QED) is 0.729. The molecule has 1 aromatic carbocycles. The maximum atomic E-state index is 11.5. The first-order valence-electron chi connectivity index (χ1n) is 6.27. The fraction of sp³-hybridized carbons (Fsp3) is 0.500. The van der Waals surface area contributed by atoms with E-state index in [9.17, 15) is 4.79 Å². The van der Waals surface area contributed by atoms with Gasteiger partial charge < -0.3 is 14.4 Å². The zero-order valence-electron chi connectivity index (χ0n) is 11.5. The molecule has 0 amide bonds. The highest BCUT2D eigenvalue weighted by atomic mass is 16.5. The van der Waals surface area contributed by atoms with Crippen LogP contribution in [0.4, 0.5) is 5.69 Å². The van der Waals surface area contributed by atoms with Gasteiger partial charge in [-0.2, -0.15) is 0 Å². The van der Waals surface area contributed by atoms with E-state index in [0.29, 0.717) is 12.2 Å². The summed E-state index contributed by atoms with van der Waals surface area (Å²) in [4.78, 5) is 13.7. The first-order chi connectivity index (χ1) is 8.67. The zero-order valence-corrected chi connectivity index (χ0v) is 11.5. The fourth-order valence-corrected chi connectivity index (χ4v) is 1.86. The van der Waals surface area contributed by atoms with Crippen molar-refractivity contribution in [3.63, 3.8) is 0 Å². The lowest BCUT2D eigenvalue weighted by atomic mass is 10.1. The summed E-state index contributed by atoms with van der Waals surface area (Å²) in [5.41, 5.74) is 1.52. The lowest BCUT2D eigenvalue weighted by molar-refractivity contribution is 0.0600. The minimum absolute atomic E-state index is 0.345. The van der Waals surface area contributed by atoms with Gasteiger partial charge in [0.1, 0.15) is 5.75 Å². The maximum absolute atomic E-state index is 11.5. The van der Waals surface area contributed by atoms with Crippen molar-refractivity contribution in [3.8, 4) is 5.75 Å². The second-order valence-corrected chi connectivity index (χ2v) is 3.78. The Kier molecular flexibility index (Phi) is 5.49. The van der Waals surface area contributed by atoms with Gasteiger partial charge in [0.15, 0.2) is 0 Å². The second-order valence-electron chi connectivity index (χ2n) is 3.78. The van der Waals surface area contributed by atoms with E-state index in [0.717, 1.165) is 24.5 Å². The summed E-state index contributed by atoms with van der Waals surface area (Å²) in [6, 6.07) is 5.41. The molecule has 0 aliphatic rings. The molecule has 0 aliphatic carbocycles. The number of hydrogen-bond donors (Lipinski definition) is 0. The first-order valence-corrected chi connectivity index (χ1v) is 6.27. The van der Waals surface area contributed by atoms with Crippen molar-refractivity contribution in [3.05, 3.63) is 23.8 Å². The van der Waals surface area contributed by atoms with Gasteiger partial charge in [0.2, 0.25) is 0 Å². The lowest BCUT2D eigenvalue weighted by Gasteiger charge is -2.24. The number of anilines is 1. The molecular formula is C14H21NO3. The minimum Gasteiger partial charge on any atom is -0.492 e. The summed E-state index contributed by atoms with van der Waals surface area (Å²) < 4.78 is 10.3. The minimum atomic E-state index is -0.345. The van der Waals surface area contributed by atoms with Crippen LogP contribution >= 0.6 is 0 Å². The molecule has 0 bridgehead atoms. The van der Waals surface area contributed by atoms with E-state index in [1.165, 1.54) is 7.11 Å². The van der Waals surface area contributed by atoms with Gasteiger partial charge >= 0.3 is 5.97 Å². The van der Waals surface area contributed by atoms with Crippen LogP contribution in [0.1, 0.15) is 31.1 Å². The Morgan fingerprint density at radius 1 is 1.22 bits per heavy atom. The van der Waals surface area contributed by atoms with Crippen LogP contribution in [0.25, 0.3) is 0 Å². The third-order valence-electron chi connectivity index (χ3n) is 2.78. The zero-order chi connectivity index (χ0) is 13.5. The van der Waals surface area contributed by atoms with Crippen LogP contribution in [-0.4, -0.2) is 32.8 Å². The molecule has 0 unspecified atom stereocenters. The van der Waals surface area contributed by atoms with Crippen molar-refractivity contribution in [2.45, 2.75) is 20.8 Å². The summed E-state index contributed by atoms with van der Waals surface area (Å²) in [5.74, 6) is 0.381. The normalized spacial score (nSPS) is 10.0. The largest absolute Gasteiger partial charge is 0.492 e. The molecule has 1 aromatic rings. The maximum Gasteiger partial charge on any atom is 0.337 e. The number of benzene rings is 1. The average molecular weight is 251 g/mol. The summed E-state index contributed by atoms with van der Waals surface area (Å²) in [7, 11) is 1.38. The van der Waals surface area contributed by atoms with Gasteiger partial charge in [-0.05, 0) is 39.0 Å². The van der Waals surface area contributed by atoms with E-state index in [2.05, 4.69) is 18.7 Å². The number of nitrogens with zero attached hydrogens (tertiary/aromatic N) is 1. The summed E-state index contributed by atoms with van der Waals surface area (Å²) in [5, 5.41) is 0. The molecule has 0 heterocycles. The lowest BCUT2D eigenvalue weighted by Crippen LogP contribution is -2.22. The SMILES string of the molecule is CCOc1cc(C(=O)OC)ccc1N(CC)CC. The molecule has 0 saturated carbocycles. The van der Waals surface area contributed by atoms with Gasteiger partial charge in [-0.25, -0.2) is 4.79 Å². The van der Waals surface area contributed by atoms with Crippen LogP contribution in [0.5, 0.6) is 5.75 Å². The van der Waals surface area contributed by atoms with Gasteiger partial charge in [0.25, 0.3) is 0 Å². The third kappa shape index (κ3) is 3.15. The number of methoxy groups -OCH3 is 1. The highest BCUT2D eigenvalue weighted by molar-refractivity contribution is 5.90. The van der Waals surface area contributed by atoms with E-state index in [-0.39, 0.29) is 5.97 Å². The smallest absolute Gasteiger partial charge is 0.337 e. The number of ether oxygens (including phenoxy) is 2. The molecule has 0 aromatic heterocycles. The Labute approximate surface area is 108 Å². The predicted octanol–water partition coefficient (Wildman–Crippen LogP) is 2.72. The van der Waals surface area contributed by atoms with E-state index in [1.807, 2.05) is 13.0 Å². The molecule has 18 heavy (non-hydrogen) atoms. The van der Waals surface area contributed by atoms with Crippen LogP contribution in [0.3, 0.4) is 0 Å². The van der Waals surface area contributed by atoms with Crippen molar-refractivity contribution in [2.24, 2.45) is 0 Å². The van der Waals surface area contributed by atoms with E-state index in [1.54, 1.807) is 12.1 Å². The van der Waals surface area contributed by atoms with E-state index < -0.39 is 0 Å². The van der Waals surface area contributed by atoms with Crippen LogP contribution in [0.2, 0.25) is 0 Å². The second kappa shape index (κ2) is 6.89. The van der Waals surface area contributed by atoms with Crippen molar-refractivity contribution in [1.82, 2.24) is 0 Å². The molecule has 0 fully saturated rings. The monoisotopic (exact) mass is 251 g/mol. The highest BCUT2D eigenvalue weighted by Crippen LogP contribution is 2.29. The molecule has 0 aliphatic heterocycles. The van der Waals surface area contributed by atoms with Crippen molar-refractivity contribution < 1.29 is 14.3 Å². The van der Waals surface area contributed by atoms with Crippen LogP contribution < -0.4 is 9.64 Å². The van der Waals surface area contributed by atoms with Crippen molar-refractivity contribution in [2.75, 3.05) is 31.7 Å².